The van der Waals surface area contributed by atoms with Gasteiger partial charge in [0.15, 0.2) is 0 Å². The van der Waals surface area contributed by atoms with Gasteiger partial charge in [0.25, 0.3) is 0 Å². The van der Waals surface area contributed by atoms with Gasteiger partial charge in [0.2, 0.25) is 17.0 Å². The number of nitrogens with one attached hydrogen (secondary N) is 1. The molecule has 3 heterocycles. The van der Waals surface area contributed by atoms with E-state index in [2.05, 4.69) is 25.3 Å². The highest BCUT2D eigenvalue weighted by molar-refractivity contribution is 7.20. The van der Waals surface area contributed by atoms with Crippen LogP contribution >= 0.6 is 11.3 Å². The molecule has 0 spiro atoms. The Morgan fingerprint density at radius 3 is 2.69 bits per heavy atom. The number of hydrogen-bond donors (Lipinski definition) is 2. The summed E-state index contributed by atoms with van der Waals surface area (Å²) in [6.07, 6.45) is 0. The van der Waals surface area contributed by atoms with Crippen LogP contribution in [-0.2, 0) is 4.74 Å². The highest BCUT2D eigenvalue weighted by Gasteiger charge is 2.17. The lowest BCUT2D eigenvalue weighted by Gasteiger charge is -2.29. The zero-order valence-corrected chi connectivity index (χ0v) is 18.6. The summed E-state index contributed by atoms with van der Waals surface area (Å²) >= 11 is 1.46. The molecule has 0 unspecified atom stereocenters. The zero-order chi connectivity index (χ0) is 22.1. The third kappa shape index (κ3) is 3.87. The van der Waals surface area contributed by atoms with E-state index in [0.29, 0.717) is 16.8 Å². The number of nitrogens with two attached hydrogens (primary N) is 1. The minimum Gasteiger partial charge on any atom is -0.497 e. The number of anilines is 4. The summed E-state index contributed by atoms with van der Waals surface area (Å²) in [4.78, 5) is 11.2. The quantitative estimate of drug-likeness (QED) is 0.455. The molecule has 32 heavy (non-hydrogen) atoms. The topological polar surface area (TPSA) is 113 Å². The number of aromatic nitrogens is 4. The van der Waals surface area contributed by atoms with Gasteiger partial charge in [-0.3, -0.25) is 0 Å². The van der Waals surface area contributed by atoms with Crippen molar-refractivity contribution in [2.45, 2.75) is 0 Å². The molecule has 1 aliphatic rings. The van der Waals surface area contributed by atoms with Gasteiger partial charge >= 0.3 is 0 Å². The predicted octanol–water partition coefficient (Wildman–Crippen LogP) is 3.06. The van der Waals surface area contributed by atoms with Crippen molar-refractivity contribution in [2.24, 2.45) is 0 Å². The highest BCUT2D eigenvalue weighted by Crippen LogP contribution is 2.33. The summed E-state index contributed by atoms with van der Waals surface area (Å²) < 4.78 is 18.8. The number of nitrogen functional groups attached to an aromatic ring is 1. The Balaban J connectivity index is 1.40. The van der Waals surface area contributed by atoms with Gasteiger partial charge in [0.1, 0.15) is 11.5 Å². The maximum Gasteiger partial charge on any atom is 0.249 e. The van der Waals surface area contributed by atoms with Crippen LogP contribution in [0.15, 0.2) is 36.4 Å². The molecular formula is C21H23N7O3S. The Labute approximate surface area is 188 Å². The summed E-state index contributed by atoms with van der Waals surface area (Å²) in [6.45, 7) is 3.15. The van der Waals surface area contributed by atoms with E-state index in [0.717, 1.165) is 53.6 Å². The average molecular weight is 454 g/mol. The van der Waals surface area contributed by atoms with Crippen LogP contribution in [-0.4, -0.2) is 60.3 Å². The Morgan fingerprint density at radius 2 is 1.91 bits per heavy atom. The number of benzene rings is 2. The van der Waals surface area contributed by atoms with Crippen LogP contribution in [0.1, 0.15) is 0 Å². The van der Waals surface area contributed by atoms with E-state index in [1.54, 1.807) is 14.2 Å². The number of thiazole rings is 1. The van der Waals surface area contributed by atoms with Gasteiger partial charge in [-0.1, -0.05) is 11.3 Å². The average Bonchev–Trinajstić information content (AvgIpc) is 3.42. The van der Waals surface area contributed by atoms with Crippen LogP contribution in [0.4, 0.5) is 23.3 Å². The van der Waals surface area contributed by atoms with E-state index >= 15 is 0 Å². The number of fused-ring (bicyclic) bond motifs is 1. The number of rotatable bonds is 6. The Kier molecular flexibility index (Phi) is 5.41. The Bertz CT molecular complexity index is 1250. The number of nitrogens with zero attached hydrogens (tertiary/aromatic N) is 5. The van der Waals surface area contributed by atoms with E-state index in [4.69, 9.17) is 19.9 Å². The summed E-state index contributed by atoms with van der Waals surface area (Å²) in [5.41, 5.74) is 8.81. The van der Waals surface area contributed by atoms with E-state index in [9.17, 15) is 0 Å². The Morgan fingerprint density at radius 1 is 1.06 bits per heavy atom. The van der Waals surface area contributed by atoms with E-state index in [-0.39, 0.29) is 5.95 Å². The molecule has 166 valence electrons. The molecule has 10 nitrogen and oxygen atoms in total. The van der Waals surface area contributed by atoms with Gasteiger partial charge in [-0.05, 0) is 30.3 Å². The summed E-state index contributed by atoms with van der Waals surface area (Å²) in [5.74, 6) is 2.06. The second kappa shape index (κ2) is 8.52. The fraction of sp³-hybridized carbons (Fsp3) is 0.286. The summed E-state index contributed by atoms with van der Waals surface area (Å²) in [5, 5.41) is 8.33. The first kappa shape index (κ1) is 20.3. The van der Waals surface area contributed by atoms with E-state index in [1.165, 1.54) is 16.0 Å². The van der Waals surface area contributed by atoms with Gasteiger partial charge in [0.05, 0.1) is 43.3 Å². The van der Waals surface area contributed by atoms with Crippen molar-refractivity contribution in [3.63, 3.8) is 0 Å². The van der Waals surface area contributed by atoms with Crippen LogP contribution in [0.2, 0.25) is 0 Å². The first-order chi connectivity index (χ1) is 15.6. The summed E-state index contributed by atoms with van der Waals surface area (Å²) in [6, 6.07) is 11.7. The van der Waals surface area contributed by atoms with Gasteiger partial charge < -0.3 is 30.2 Å². The van der Waals surface area contributed by atoms with Gasteiger partial charge in [0, 0.05) is 24.8 Å². The molecule has 0 bridgehead atoms. The fourth-order valence-corrected chi connectivity index (χ4v) is 4.50. The van der Waals surface area contributed by atoms with Crippen LogP contribution in [0.25, 0.3) is 15.3 Å². The third-order valence-corrected chi connectivity index (χ3v) is 6.20. The van der Waals surface area contributed by atoms with Crippen LogP contribution in [0.5, 0.6) is 11.5 Å². The SMILES string of the molecule is COc1ccc2nc(-n3nc(Nc4ccc(N5CCOCC5)cc4OC)nc3N)sc2c1. The van der Waals surface area contributed by atoms with Crippen LogP contribution in [0.3, 0.4) is 0 Å². The second-order valence-electron chi connectivity index (χ2n) is 7.14. The standard InChI is InChI=1S/C21H23N7O3S/c1-29-14-4-6-16-18(12-14)32-21(24-16)28-19(22)25-20(26-28)23-15-5-3-13(11-17(15)30-2)27-7-9-31-10-8-27/h3-6,11-12H,7-10H2,1-2H3,(H3,22,23,25,26). The molecule has 1 aliphatic heterocycles. The predicted molar refractivity (Wildman–Crippen MR) is 125 cm³/mol. The van der Waals surface area contributed by atoms with Crippen molar-refractivity contribution in [1.82, 2.24) is 19.7 Å². The maximum atomic E-state index is 6.14. The normalized spacial score (nSPS) is 14.0. The molecule has 0 radical (unpaired) electrons. The molecule has 1 fully saturated rings. The van der Waals surface area contributed by atoms with Crippen molar-refractivity contribution in [3.05, 3.63) is 36.4 Å². The second-order valence-corrected chi connectivity index (χ2v) is 8.15. The van der Waals surface area contributed by atoms with Crippen molar-refractivity contribution >= 4 is 44.8 Å². The molecule has 0 aliphatic carbocycles. The van der Waals surface area contributed by atoms with Crippen LogP contribution in [0, 0.1) is 0 Å². The number of ether oxygens (including phenoxy) is 3. The molecule has 1 saturated heterocycles. The van der Waals surface area contributed by atoms with Crippen LogP contribution < -0.4 is 25.4 Å². The smallest absolute Gasteiger partial charge is 0.249 e. The molecule has 4 aromatic rings. The fourth-order valence-electron chi connectivity index (χ4n) is 3.55. The van der Waals surface area contributed by atoms with Gasteiger partial charge in [-0.2, -0.15) is 9.67 Å². The zero-order valence-electron chi connectivity index (χ0n) is 17.7. The van der Waals surface area contributed by atoms with Crippen molar-refractivity contribution < 1.29 is 14.2 Å². The molecule has 0 saturated carbocycles. The van der Waals surface area contributed by atoms with Crippen molar-refractivity contribution in [3.8, 4) is 16.6 Å². The largest absolute Gasteiger partial charge is 0.497 e. The van der Waals surface area contributed by atoms with Crippen molar-refractivity contribution in [1.29, 1.82) is 0 Å². The van der Waals surface area contributed by atoms with Gasteiger partial charge in [-0.15, -0.1) is 5.10 Å². The molecule has 3 N–H and O–H groups in total. The lowest BCUT2D eigenvalue weighted by Crippen LogP contribution is -2.36. The van der Waals surface area contributed by atoms with Crippen molar-refractivity contribution in [2.75, 3.05) is 56.5 Å². The molecule has 5 rings (SSSR count). The minimum absolute atomic E-state index is 0.238. The number of morpholine rings is 1. The first-order valence-corrected chi connectivity index (χ1v) is 10.9. The molecule has 11 heteroatoms. The molecular weight excluding hydrogens is 430 g/mol. The number of methoxy groups -OCH3 is 2. The lowest BCUT2D eigenvalue weighted by atomic mass is 10.2. The van der Waals surface area contributed by atoms with E-state index < -0.39 is 0 Å². The molecule has 0 atom stereocenters. The minimum atomic E-state index is 0.238. The summed E-state index contributed by atoms with van der Waals surface area (Å²) in [7, 11) is 3.28. The Hall–Kier alpha value is -3.57. The maximum absolute atomic E-state index is 6.14. The lowest BCUT2D eigenvalue weighted by molar-refractivity contribution is 0.122. The number of hydrogen-bond acceptors (Lipinski definition) is 10. The highest BCUT2D eigenvalue weighted by atomic mass is 32.1. The first-order valence-electron chi connectivity index (χ1n) is 10.1. The van der Waals surface area contributed by atoms with Gasteiger partial charge in [-0.25, -0.2) is 4.98 Å². The van der Waals surface area contributed by atoms with E-state index in [1.807, 2.05) is 36.4 Å². The third-order valence-electron chi connectivity index (χ3n) is 5.21. The molecule has 0 amide bonds. The molecule has 2 aromatic carbocycles. The monoisotopic (exact) mass is 453 g/mol. The molecule has 2 aromatic heterocycles.